The molecule has 9 unspecified atom stereocenters. The number of aliphatic hydroxyl groups excluding tert-OH is 5. The molecule has 0 bridgehead atoms. The van der Waals surface area contributed by atoms with E-state index in [0.29, 0.717) is 42.5 Å². The lowest BCUT2D eigenvalue weighted by Crippen LogP contribution is -2.67. The molecule has 11 N–H and O–H groups in total. The van der Waals surface area contributed by atoms with Crippen molar-refractivity contribution in [2.24, 2.45) is 15.7 Å². The third kappa shape index (κ3) is 8.02. The summed E-state index contributed by atoms with van der Waals surface area (Å²) in [5.74, 6) is -7.45. The molecule has 17 heteroatoms. The van der Waals surface area contributed by atoms with Crippen molar-refractivity contribution in [2.45, 2.75) is 98.8 Å². The lowest BCUT2D eigenvalue weighted by atomic mass is 9.68. The zero-order chi connectivity index (χ0) is 42.9. The minimum absolute atomic E-state index is 0.00624. The van der Waals surface area contributed by atoms with Crippen LogP contribution in [0.5, 0.6) is 17.2 Å². The van der Waals surface area contributed by atoms with Crippen molar-refractivity contribution in [3.8, 4) is 17.2 Å². The van der Waals surface area contributed by atoms with E-state index in [4.69, 9.17) is 15.2 Å². The summed E-state index contributed by atoms with van der Waals surface area (Å²) in [7, 11) is 0. The Labute approximate surface area is 345 Å². The number of aliphatic carboxylic acids is 1. The van der Waals surface area contributed by atoms with E-state index in [0.717, 1.165) is 28.7 Å². The maximum Gasteiger partial charge on any atom is 0.355 e. The topological polar surface area (TPSA) is 289 Å². The van der Waals surface area contributed by atoms with Gasteiger partial charge in [0.05, 0.1) is 23.7 Å². The van der Waals surface area contributed by atoms with Crippen LogP contribution >= 0.6 is 0 Å². The van der Waals surface area contributed by atoms with Gasteiger partial charge in [0.2, 0.25) is 0 Å². The molecule has 3 aromatic rings. The maximum absolute atomic E-state index is 14.5. The Balaban J connectivity index is 1.27. The van der Waals surface area contributed by atoms with Crippen LogP contribution in [0.4, 0.5) is 5.69 Å². The summed E-state index contributed by atoms with van der Waals surface area (Å²) < 4.78 is 10.8. The minimum atomic E-state index is -3.13. The number of benzene rings is 3. The zero-order valence-corrected chi connectivity index (χ0v) is 32.6. The highest BCUT2D eigenvalue weighted by Gasteiger charge is 2.56. The molecular formula is C43H50N4O13. The largest absolute Gasteiger partial charge is 0.508 e. The number of aromatic hydroxyl groups is 2. The number of carbonyl (C=O) groups is 2. The lowest BCUT2D eigenvalue weighted by Gasteiger charge is -2.44. The standard InChI is InChI=1S/C43H50N4O13/c44-35-9-4-14-42(35,25-6-2-1-3-7-25)20-27-26-18-32(51)33(59-43(58)40(55)39(54)38(53)34(21-49)60-43)19-30(26)47(37(27)41(56)57)36(52)13-11-23-10-12-31(50)24(16-23)17-29-28(8-5-15-48)45-22-46-29/h1-3,6-7,10-13,16,18-19,27,34-35,37-40,48-51,53-55,58H,4-5,8-9,14-15,17,20-22,44H2,(H,56,57). The van der Waals surface area contributed by atoms with Gasteiger partial charge in [0, 0.05) is 48.1 Å². The second-order valence-electron chi connectivity index (χ2n) is 15.8. The van der Waals surface area contributed by atoms with E-state index in [-0.39, 0.29) is 49.2 Å². The molecule has 1 saturated heterocycles. The predicted molar refractivity (Wildman–Crippen MR) is 217 cm³/mol. The van der Waals surface area contributed by atoms with Gasteiger partial charge in [-0.05, 0) is 73.1 Å². The van der Waals surface area contributed by atoms with Crippen molar-refractivity contribution in [2.75, 3.05) is 24.8 Å². The maximum atomic E-state index is 14.5. The summed E-state index contributed by atoms with van der Waals surface area (Å²) >= 11 is 0. The Morgan fingerprint density at radius 2 is 1.73 bits per heavy atom. The van der Waals surface area contributed by atoms with Crippen LogP contribution in [0.1, 0.15) is 66.7 Å². The Morgan fingerprint density at radius 1 is 0.983 bits per heavy atom. The monoisotopic (exact) mass is 830 g/mol. The van der Waals surface area contributed by atoms with Gasteiger partial charge in [-0.1, -0.05) is 42.8 Å². The van der Waals surface area contributed by atoms with Gasteiger partial charge >= 0.3 is 11.9 Å². The second-order valence-corrected chi connectivity index (χ2v) is 15.8. The van der Waals surface area contributed by atoms with Crippen molar-refractivity contribution in [1.82, 2.24) is 0 Å². The highest BCUT2D eigenvalue weighted by Crippen LogP contribution is 2.54. The Kier molecular flexibility index (Phi) is 12.4. The van der Waals surface area contributed by atoms with Gasteiger partial charge in [0.25, 0.3) is 5.91 Å². The fourth-order valence-electron chi connectivity index (χ4n) is 9.07. The lowest BCUT2D eigenvalue weighted by molar-refractivity contribution is -0.422. The smallest absolute Gasteiger partial charge is 0.355 e. The predicted octanol–water partition coefficient (Wildman–Crippen LogP) is 1.20. The number of phenolic OH excluding ortho intramolecular Hbond substituents is 2. The number of aliphatic imine (C=N–C) groups is 2. The average Bonchev–Trinajstić information content (AvgIpc) is 3.93. The van der Waals surface area contributed by atoms with E-state index in [9.17, 15) is 55.5 Å². The molecule has 3 aromatic carbocycles. The van der Waals surface area contributed by atoms with Gasteiger partial charge in [0.1, 0.15) is 36.8 Å². The summed E-state index contributed by atoms with van der Waals surface area (Å²) in [5, 5.41) is 94.7. The van der Waals surface area contributed by atoms with Crippen LogP contribution in [0.2, 0.25) is 0 Å². The fraction of sp³-hybridized carbons (Fsp3) is 0.442. The number of nitrogens with zero attached hydrogens (tertiary/aromatic N) is 3. The molecule has 60 heavy (non-hydrogen) atoms. The molecule has 17 nitrogen and oxygen atoms in total. The molecule has 3 heterocycles. The van der Waals surface area contributed by atoms with E-state index in [1.165, 1.54) is 24.3 Å². The van der Waals surface area contributed by atoms with E-state index in [1.54, 1.807) is 12.1 Å². The van der Waals surface area contributed by atoms with Crippen LogP contribution in [0.3, 0.4) is 0 Å². The highest BCUT2D eigenvalue weighted by atomic mass is 16.8. The Morgan fingerprint density at radius 3 is 2.42 bits per heavy atom. The summed E-state index contributed by atoms with van der Waals surface area (Å²) in [6.07, 6.45) is -1.66. The van der Waals surface area contributed by atoms with Crippen LogP contribution in [-0.2, 0) is 26.2 Å². The second kappa shape index (κ2) is 17.4. The van der Waals surface area contributed by atoms with Gasteiger partial charge < -0.3 is 61.2 Å². The normalized spacial score (nSPS) is 30.1. The number of rotatable bonds is 14. The molecule has 3 aliphatic heterocycles. The first-order valence-corrected chi connectivity index (χ1v) is 19.9. The van der Waals surface area contributed by atoms with Crippen molar-refractivity contribution in [3.63, 3.8) is 0 Å². The third-order valence-electron chi connectivity index (χ3n) is 12.2. The summed E-state index contributed by atoms with van der Waals surface area (Å²) in [5.41, 5.74) is 9.66. The number of ether oxygens (including phenoxy) is 2. The number of amides is 1. The molecule has 1 aliphatic carbocycles. The highest BCUT2D eigenvalue weighted by molar-refractivity contribution is 6.43. The van der Waals surface area contributed by atoms with Crippen LogP contribution in [0, 0.1) is 0 Å². The molecule has 1 amide bonds. The molecular weight excluding hydrogens is 780 g/mol. The van der Waals surface area contributed by atoms with Crippen molar-refractivity contribution >= 4 is 35.1 Å². The summed E-state index contributed by atoms with van der Waals surface area (Å²) in [6, 6.07) is 14.6. The Bertz CT molecular complexity index is 2180. The van der Waals surface area contributed by atoms with Crippen LogP contribution < -0.4 is 15.4 Å². The fourth-order valence-corrected chi connectivity index (χ4v) is 9.07. The molecule has 0 spiro atoms. The number of fused-ring (bicyclic) bond motifs is 1. The van der Waals surface area contributed by atoms with Gasteiger partial charge in [-0.2, -0.15) is 0 Å². The zero-order valence-electron chi connectivity index (χ0n) is 32.6. The van der Waals surface area contributed by atoms with Gasteiger partial charge in [-0.25, -0.2) is 4.79 Å². The van der Waals surface area contributed by atoms with Crippen molar-refractivity contribution < 1.29 is 65.0 Å². The number of carboxylic acid groups (broad SMARTS) is 1. The molecule has 2 fully saturated rings. The van der Waals surface area contributed by atoms with Crippen LogP contribution in [0.25, 0.3) is 6.08 Å². The summed E-state index contributed by atoms with van der Waals surface area (Å²) in [6.45, 7) is -0.655. The number of carboxylic acids is 1. The first-order valence-electron chi connectivity index (χ1n) is 19.9. The van der Waals surface area contributed by atoms with Gasteiger partial charge in [-0.3, -0.25) is 19.7 Å². The number of hydrogen-bond acceptors (Lipinski definition) is 15. The van der Waals surface area contributed by atoms with Gasteiger partial charge in [0.15, 0.2) is 17.6 Å². The number of phenols is 2. The van der Waals surface area contributed by atoms with Crippen LogP contribution in [-0.4, -0.2) is 132 Å². The van der Waals surface area contributed by atoms with E-state index in [1.807, 2.05) is 30.3 Å². The van der Waals surface area contributed by atoms with Crippen molar-refractivity contribution in [1.29, 1.82) is 0 Å². The first kappa shape index (κ1) is 42.9. The van der Waals surface area contributed by atoms with Crippen molar-refractivity contribution in [3.05, 3.63) is 89.0 Å². The number of nitrogens with two attached hydrogens (primary N) is 1. The molecule has 320 valence electrons. The Hall–Kier alpha value is -5.24. The quantitative estimate of drug-likeness (QED) is 0.0808. The molecule has 0 aromatic heterocycles. The SMILES string of the molecule is NC1CCCC1(CC1c2cc(O)c(OC3(O)OC(CO)C(O)C(O)C3O)cc2N(C(=O)C=Cc2ccc(O)c(CC3=NCN=C3CCCO)c2)C1C(=O)O)c1ccccc1. The third-order valence-corrected chi connectivity index (χ3v) is 12.2. The number of anilines is 1. The molecule has 0 radical (unpaired) electrons. The van der Waals surface area contributed by atoms with E-state index < -0.39 is 77.7 Å². The molecule has 4 aliphatic rings. The van der Waals surface area contributed by atoms with Gasteiger partial charge in [-0.15, -0.1) is 0 Å². The molecule has 1 saturated carbocycles. The number of aliphatic hydroxyl groups is 6. The number of carbonyl (C=O) groups excluding carboxylic acids is 1. The van der Waals surface area contributed by atoms with E-state index in [2.05, 4.69) is 9.98 Å². The minimum Gasteiger partial charge on any atom is -0.508 e. The van der Waals surface area contributed by atoms with E-state index >= 15 is 0 Å². The summed E-state index contributed by atoms with van der Waals surface area (Å²) in [4.78, 5) is 37.8. The average molecular weight is 831 g/mol. The molecule has 7 rings (SSSR count). The number of hydrogen-bond donors (Lipinski definition) is 10. The molecule has 9 atom stereocenters. The first-order chi connectivity index (χ1) is 28.7. The van der Waals surface area contributed by atoms with Crippen LogP contribution in [0.15, 0.2) is 76.7 Å².